The molecule has 1 aliphatic rings. The SMILES string of the molecule is Cc1cc2c(nc1[C@@H](O)c1ccccc1)CCCCC2. The Balaban J connectivity index is 1.99. The first-order valence-electron chi connectivity index (χ1n) is 7.48. The quantitative estimate of drug-likeness (QED) is 0.841. The lowest BCUT2D eigenvalue weighted by Gasteiger charge is -2.16. The average Bonchev–Trinajstić information content (AvgIpc) is 2.71. The molecule has 1 aromatic carbocycles. The van der Waals surface area contributed by atoms with E-state index >= 15 is 0 Å². The van der Waals surface area contributed by atoms with Crippen LogP contribution >= 0.6 is 0 Å². The summed E-state index contributed by atoms with van der Waals surface area (Å²) in [5.74, 6) is 0. The summed E-state index contributed by atoms with van der Waals surface area (Å²) in [5.41, 5.74) is 5.40. The molecular formula is C18H21NO. The van der Waals surface area contributed by atoms with E-state index in [2.05, 4.69) is 13.0 Å². The molecule has 0 fully saturated rings. The first-order valence-corrected chi connectivity index (χ1v) is 7.48. The molecule has 0 amide bonds. The smallest absolute Gasteiger partial charge is 0.121 e. The van der Waals surface area contributed by atoms with Crippen LogP contribution < -0.4 is 0 Å². The molecule has 1 N–H and O–H groups in total. The molecule has 1 aliphatic carbocycles. The van der Waals surface area contributed by atoms with Crippen LogP contribution in [0.25, 0.3) is 0 Å². The zero-order chi connectivity index (χ0) is 13.9. The minimum absolute atomic E-state index is 0.621. The Morgan fingerprint density at radius 1 is 1.05 bits per heavy atom. The molecule has 2 heteroatoms. The Labute approximate surface area is 120 Å². The molecule has 0 spiro atoms. The molecule has 0 aliphatic heterocycles. The molecule has 0 radical (unpaired) electrons. The summed E-state index contributed by atoms with van der Waals surface area (Å²) in [6.07, 6.45) is 5.31. The zero-order valence-electron chi connectivity index (χ0n) is 12.0. The summed E-state index contributed by atoms with van der Waals surface area (Å²) in [6.45, 7) is 2.06. The van der Waals surface area contributed by atoms with Gasteiger partial charge in [0, 0.05) is 5.69 Å². The lowest BCUT2D eigenvalue weighted by atomic mass is 9.99. The lowest BCUT2D eigenvalue weighted by molar-refractivity contribution is 0.214. The molecule has 1 aromatic heterocycles. The number of aliphatic hydroxyl groups excluding tert-OH is 1. The van der Waals surface area contributed by atoms with Crippen molar-refractivity contribution in [2.75, 3.05) is 0 Å². The number of benzene rings is 1. The Morgan fingerprint density at radius 2 is 1.80 bits per heavy atom. The van der Waals surface area contributed by atoms with Gasteiger partial charge in [-0.2, -0.15) is 0 Å². The van der Waals surface area contributed by atoms with Crippen molar-refractivity contribution in [3.8, 4) is 0 Å². The first-order chi connectivity index (χ1) is 9.75. The third-order valence-corrected chi connectivity index (χ3v) is 4.15. The van der Waals surface area contributed by atoms with E-state index < -0.39 is 6.10 Å². The number of aromatic nitrogens is 1. The molecule has 3 rings (SSSR count). The van der Waals surface area contributed by atoms with E-state index in [-0.39, 0.29) is 0 Å². The summed E-state index contributed by atoms with van der Waals surface area (Å²) >= 11 is 0. The maximum absolute atomic E-state index is 10.6. The highest BCUT2D eigenvalue weighted by Crippen LogP contribution is 2.27. The van der Waals surface area contributed by atoms with Gasteiger partial charge in [-0.1, -0.05) is 42.8 Å². The molecule has 0 saturated heterocycles. The van der Waals surface area contributed by atoms with Gasteiger partial charge < -0.3 is 5.11 Å². The van der Waals surface area contributed by atoms with Crippen LogP contribution in [0.15, 0.2) is 36.4 Å². The van der Waals surface area contributed by atoms with Crippen molar-refractivity contribution in [1.82, 2.24) is 4.98 Å². The molecule has 20 heavy (non-hydrogen) atoms. The number of hydrogen-bond donors (Lipinski definition) is 1. The van der Waals surface area contributed by atoms with E-state index in [0.717, 1.165) is 29.7 Å². The van der Waals surface area contributed by atoms with Crippen molar-refractivity contribution in [3.63, 3.8) is 0 Å². The largest absolute Gasteiger partial charge is 0.382 e. The zero-order valence-corrected chi connectivity index (χ0v) is 12.0. The van der Waals surface area contributed by atoms with Gasteiger partial charge in [-0.25, -0.2) is 0 Å². The normalized spacial score (nSPS) is 16.3. The third kappa shape index (κ3) is 2.61. The van der Waals surface area contributed by atoms with E-state index in [1.807, 2.05) is 30.3 Å². The fraction of sp³-hybridized carbons (Fsp3) is 0.389. The van der Waals surface area contributed by atoms with Crippen LogP contribution in [0.1, 0.15) is 53.4 Å². The molecule has 2 aromatic rings. The second kappa shape index (κ2) is 5.76. The van der Waals surface area contributed by atoms with E-state index in [9.17, 15) is 5.11 Å². The van der Waals surface area contributed by atoms with E-state index in [4.69, 9.17) is 4.98 Å². The molecule has 1 atom stereocenters. The lowest BCUT2D eigenvalue weighted by Crippen LogP contribution is -2.09. The number of aryl methyl sites for hydroxylation is 3. The second-order valence-electron chi connectivity index (χ2n) is 5.67. The fourth-order valence-electron chi connectivity index (χ4n) is 3.01. The van der Waals surface area contributed by atoms with E-state index in [1.54, 1.807) is 0 Å². The van der Waals surface area contributed by atoms with Crippen molar-refractivity contribution in [1.29, 1.82) is 0 Å². The van der Waals surface area contributed by atoms with Crippen molar-refractivity contribution in [2.45, 2.75) is 45.1 Å². The molecule has 1 heterocycles. The van der Waals surface area contributed by atoms with Gasteiger partial charge >= 0.3 is 0 Å². The number of hydrogen-bond acceptors (Lipinski definition) is 2. The van der Waals surface area contributed by atoms with Crippen LogP contribution in [-0.2, 0) is 12.8 Å². The Bertz CT molecular complexity index is 592. The third-order valence-electron chi connectivity index (χ3n) is 4.15. The number of fused-ring (bicyclic) bond motifs is 1. The predicted octanol–water partition coefficient (Wildman–Crippen LogP) is 3.74. The molecular weight excluding hydrogens is 246 g/mol. The Kier molecular flexibility index (Phi) is 3.83. The van der Waals surface area contributed by atoms with Crippen molar-refractivity contribution in [3.05, 3.63) is 64.5 Å². The van der Waals surface area contributed by atoms with Gasteiger partial charge in [-0.05, 0) is 49.3 Å². The minimum Gasteiger partial charge on any atom is -0.382 e. The molecule has 104 valence electrons. The Hall–Kier alpha value is -1.67. The van der Waals surface area contributed by atoms with Crippen LogP contribution in [0, 0.1) is 6.92 Å². The fourth-order valence-corrected chi connectivity index (χ4v) is 3.01. The van der Waals surface area contributed by atoms with Crippen LogP contribution in [0.3, 0.4) is 0 Å². The van der Waals surface area contributed by atoms with Gasteiger partial charge in [-0.15, -0.1) is 0 Å². The monoisotopic (exact) mass is 267 g/mol. The topological polar surface area (TPSA) is 33.1 Å². The van der Waals surface area contributed by atoms with E-state index in [1.165, 1.54) is 30.5 Å². The van der Waals surface area contributed by atoms with Crippen molar-refractivity contribution < 1.29 is 5.11 Å². The number of nitrogens with zero attached hydrogens (tertiary/aromatic N) is 1. The highest BCUT2D eigenvalue weighted by molar-refractivity contribution is 5.36. The van der Waals surface area contributed by atoms with Gasteiger partial charge in [0.25, 0.3) is 0 Å². The summed E-state index contributed by atoms with van der Waals surface area (Å²) in [6, 6.07) is 12.0. The molecule has 0 bridgehead atoms. The maximum atomic E-state index is 10.6. The van der Waals surface area contributed by atoms with Gasteiger partial charge in [0.15, 0.2) is 0 Å². The predicted molar refractivity (Wildman–Crippen MR) is 80.7 cm³/mol. The van der Waals surface area contributed by atoms with Crippen LogP contribution in [-0.4, -0.2) is 10.1 Å². The van der Waals surface area contributed by atoms with E-state index in [0.29, 0.717) is 0 Å². The minimum atomic E-state index is -0.621. The number of pyridine rings is 1. The van der Waals surface area contributed by atoms with Crippen LogP contribution in [0.2, 0.25) is 0 Å². The van der Waals surface area contributed by atoms with Crippen LogP contribution in [0.5, 0.6) is 0 Å². The van der Waals surface area contributed by atoms with Crippen molar-refractivity contribution >= 4 is 0 Å². The van der Waals surface area contributed by atoms with Crippen molar-refractivity contribution in [2.24, 2.45) is 0 Å². The highest BCUT2D eigenvalue weighted by atomic mass is 16.3. The summed E-state index contributed by atoms with van der Waals surface area (Å²) in [5, 5.41) is 10.6. The van der Waals surface area contributed by atoms with Crippen LogP contribution in [0.4, 0.5) is 0 Å². The van der Waals surface area contributed by atoms with Gasteiger partial charge in [0.2, 0.25) is 0 Å². The molecule has 0 unspecified atom stereocenters. The highest BCUT2D eigenvalue weighted by Gasteiger charge is 2.18. The standard InChI is InChI=1S/C18H21NO/c1-13-12-15-10-6-3-7-11-16(15)19-17(13)18(20)14-8-4-2-5-9-14/h2,4-5,8-9,12,18,20H,3,6-7,10-11H2,1H3/t18-/m0/s1. The number of rotatable bonds is 2. The Morgan fingerprint density at radius 3 is 2.60 bits per heavy atom. The van der Waals surface area contributed by atoms with Gasteiger partial charge in [0.1, 0.15) is 6.10 Å². The molecule has 2 nitrogen and oxygen atoms in total. The summed E-state index contributed by atoms with van der Waals surface area (Å²) < 4.78 is 0. The van der Waals surface area contributed by atoms with Gasteiger partial charge in [0.05, 0.1) is 5.69 Å². The average molecular weight is 267 g/mol. The molecule has 0 saturated carbocycles. The van der Waals surface area contributed by atoms with Gasteiger partial charge in [-0.3, -0.25) is 4.98 Å². The maximum Gasteiger partial charge on any atom is 0.121 e. The summed E-state index contributed by atoms with van der Waals surface area (Å²) in [7, 11) is 0. The summed E-state index contributed by atoms with van der Waals surface area (Å²) in [4.78, 5) is 4.80. The number of aliphatic hydroxyl groups is 1. The second-order valence-corrected chi connectivity index (χ2v) is 5.67. The first kappa shape index (κ1) is 13.3.